The van der Waals surface area contributed by atoms with Crippen LogP contribution in [0.3, 0.4) is 0 Å². The molecule has 2 aromatic carbocycles. The Kier molecular flexibility index (Phi) is 2.84. The quantitative estimate of drug-likeness (QED) is 0.657. The molecule has 2 heterocycles. The van der Waals surface area contributed by atoms with E-state index in [0.717, 1.165) is 47.0 Å². The second-order valence-electron chi connectivity index (χ2n) is 9.07. The molecule has 4 aliphatic rings. The normalized spacial score (nSPS) is 25.7. The standard InChI is InChI=1S/C26H20N2O2/c1-14-6-7-17-16(14)8-9-21-19(17)10-22(27-21)25(30)28-13-15-12-26(15)20-5-3-2-4-18(20)23(29)11-24(26)28/h2-5,8-11,15,27H,1,6-7,12-13H2/t15-,26-/m1/s1. The highest BCUT2D eigenvalue weighted by Gasteiger charge is 2.67. The molecular weight excluding hydrogens is 372 g/mol. The van der Waals surface area contributed by atoms with Crippen molar-refractivity contribution < 1.29 is 9.59 Å². The molecule has 7 rings (SSSR count). The molecule has 4 heteroatoms. The molecule has 0 unspecified atom stereocenters. The molecule has 4 nitrogen and oxygen atoms in total. The molecule has 0 bridgehead atoms. The summed E-state index contributed by atoms with van der Waals surface area (Å²) in [5.74, 6) is 0.366. The van der Waals surface area contributed by atoms with Crippen LogP contribution in [0.25, 0.3) is 16.5 Å². The van der Waals surface area contributed by atoms with Gasteiger partial charge in [-0.1, -0.05) is 36.9 Å². The summed E-state index contributed by atoms with van der Waals surface area (Å²) in [7, 11) is 0. The van der Waals surface area contributed by atoms with Crippen molar-refractivity contribution in [3.63, 3.8) is 0 Å². The number of likely N-dealkylation sites (tertiary alicyclic amines) is 1. The van der Waals surface area contributed by atoms with Crippen LogP contribution in [-0.2, 0) is 11.8 Å². The molecule has 3 aliphatic carbocycles. The second-order valence-corrected chi connectivity index (χ2v) is 9.07. The zero-order chi connectivity index (χ0) is 20.2. The molecule has 1 saturated heterocycles. The summed E-state index contributed by atoms with van der Waals surface area (Å²) < 4.78 is 0. The number of allylic oxidation sites excluding steroid dienone is 3. The van der Waals surface area contributed by atoms with Gasteiger partial charge in [0.1, 0.15) is 5.69 Å². The smallest absolute Gasteiger partial charge is 0.274 e. The van der Waals surface area contributed by atoms with E-state index >= 15 is 0 Å². The van der Waals surface area contributed by atoms with Crippen molar-refractivity contribution in [3.8, 4) is 0 Å². The number of fused-ring (bicyclic) bond motifs is 4. The van der Waals surface area contributed by atoms with E-state index in [9.17, 15) is 9.59 Å². The predicted molar refractivity (Wildman–Crippen MR) is 115 cm³/mol. The minimum Gasteiger partial charge on any atom is -0.351 e. The lowest BCUT2D eigenvalue weighted by atomic mass is 9.81. The van der Waals surface area contributed by atoms with Crippen molar-refractivity contribution in [2.24, 2.45) is 5.92 Å². The lowest BCUT2D eigenvalue weighted by Crippen LogP contribution is -2.33. The van der Waals surface area contributed by atoms with E-state index in [1.807, 2.05) is 35.2 Å². The number of aromatic nitrogens is 1. The lowest BCUT2D eigenvalue weighted by Gasteiger charge is -2.29. The summed E-state index contributed by atoms with van der Waals surface area (Å²) in [6, 6.07) is 14.0. The Bertz CT molecular complexity index is 1370. The first kappa shape index (κ1) is 16.4. The fourth-order valence-corrected chi connectivity index (χ4v) is 6.11. The van der Waals surface area contributed by atoms with Crippen LogP contribution in [0.1, 0.15) is 50.4 Å². The van der Waals surface area contributed by atoms with Gasteiger partial charge >= 0.3 is 0 Å². The predicted octanol–water partition coefficient (Wildman–Crippen LogP) is 4.62. The fourth-order valence-electron chi connectivity index (χ4n) is 6.11. The van der Waals surface area contributed by atoms with Gasteiger partial charge in [0.2, 0.25) is 0 Å². The number of hydrogen-bond acceptors (Lipinski definition) is 2. The van der Waals surface area contributed by atoms with Gasteiger partial charge in [0, 0.05) is 40.2 Å². The number of carbonyl (C=O) groups excluding carboxylic acids is 2. The Morgan fingerprint density at radius 1 is 1.13 bits per heavy atom. The number of carbonyl (C=O) groups is 2. The average molecular weight is 392 g/mol. The number of aromatic amines is 1. The molecular formula is C26H20N2O2. The Morgan fingerprint density at radius 2 is 2.00 bits per heavy atom. The van der Waals surface area contributed by atoms with Crippen LogP contribution < -0.4 is 0 Å². The number of hydrogen-bond donors (Lipinski definition) is 1. The van der Waals surface area contributed by atoms with Crippen LogP contribution in [0, 0.1) is 5.92 Å². The van der Waals surface area contributed by atoms with Gasteiger partial charge < -0.3 is 9.88 Å². The number of ketones is 1. The highest BCUT2D eigenvalue weighted by molar-refractivity contribution is 6.10. The number of amides is 1. The van der Waals surface area contributed by atoms with E-state index < -0.39 is 0 Å². The molecule has 1 saturated carbocycles. The maximum Gasteiger partial charge on any atom is 0.274 e. The maximum absolute atomic E-state index is 13.5. The van der Waals surface area contributed by atoms with Crippen molar-refractivity contribution in [2.45, 2.75) is 24.7 Å². The zero-order valence-electron chi connectivity index (χ0n) is 16.5. The minimum atomic E-state index is -0.148. The zero-order valence-corrected chi connectivity index (χ0v) is 16.5. The number of H-pyrrole nitrogens is 1. The van der Waals surface area contributed by atoms with Crippen molar-refractivity contribution in [3.05, 3.63) is 88.8 Å². The second kappa shape index (κ2) is 5.20. The molecule has 146 valence electrons. The van der Waals surface area contributed by atoms with E-state index in [0.29, 0.717) is 18.2 Å². The van der Waals surface area contributed by atoms with Gasteiger partial charge in [-0.2, -0.15) is 0 Å². The molecule has 1 amide bonds. The number of benzene rings is 2. The largest absolute Gasteiger partial charge is 0.351 e. The average Bonchev–Trinajstić information content (AvgIpc) is 3.06. The molecule has 1 aromatic heterocycles. The first-order chi connectivity index (χ1) is 14.6. The monoisotopic (exact) mass is 392 g/mol. The molecule has 2 fully saturated rings. The summed E-state index contributed by atoms with van der Waals surface area (Å²) in [4.78, 5) is 31.5. The van der Waals surface area contributed by atoms with Crippen molar-refractivity contribution in [1.29, 1.82) is 0 Å². The number of aryl methyl sites for hydroxylation is 1. The van der Waals surface area contributed by atoms with Crippen molar-refractivity contribution in [1.82, 2.24) is 9.88 Å². The van der Waals surface area contributed by atoms with E-state index in [1.165, 1.54) is 16.7 Å². The van der Waals surface area contributed by atoms with E-state index in [4.69, 9.17) is 0 Å². The minimum absolute atomic E-state index is 0.00422. The van der Waals surface area contributed by atoms with Gasteiger partial charge in [-0.15, -0.1) is 0 Å². The first-order valence-electron chi connectivity index (χ1n) is 10.6. The fraction of sp³-hybridized carbons (Fsp3) is 0.231. The van der Waals surface area contributed by atoms with Gasteiger partial charge in [-0.05, 0) is 59.6 Å². The SMILES string of the molecule is C=C1CCc2c1ccc1[nH]c(C(=O)N3C[C@H]4C[C@@]45C3=CC(=O)c3ccccc35)cc21. The van der Waals surface area contributed by atoms with Gasteiger partial charge in [0.25, 0.3) is 5.91 Å². The van der Waals surface area contributed by atoms with Crippen LogP contribution in [0.2, 0.25) is 0 Å². The Hall–Kier alpha value is -3.40. The number of piperidine rings is 1. The Morgan fingerprint density at radius 3 is 2.90 bits per heavy atom. The van der Waals surface area contributed by atoms with E-state index in [2.05, 4.69) is 23.7 Å². The first-order valence-corrected chi connectivity index (χ1v) is 10.6. The van der Waals surface area contributed by atoms with Crippen LogP contribution in [0.5, 0.6) is 0 Å². The Balaban J connectivity index is 1.31. The van der Waals surface area contributed by atoms with Crippen LogP contribution >= 0.6 is 0 Å². The topological polar surface area (TPSA) is 53.2 Å². The van der Waals surface area contributed by atoms with Crippen LogP contribution in [0.4, 0.5) is 0 Å². The summed E-state index contributed by atoms with van der Waals surface area (Å²) in [5, 5.41) is 1.12. The summed E-state index contributed by atoms with van der Waals surface area (Å²) in [6.07, 6.45) is 4.68. The maximum atomic E-state index is 13.5. The number of nitrogens with one attached hydrogen (secondary N) is 1. The van der Waals surface area contributed by atoms with Crippen LogP contribution in [-0.4, -0.2) is 28.1 Å². The number of rotatable bonds is 1. The van der Waals surface area contributed by atoms with Crippen LogP contribution in [0.15, 0.2) is 60.8 Å². The molecule has 1 spiro atoms. The van der Waals surface area contributed by atoms with Crippen molar-refractivity contribution >= 4 is 28.2 Å². The molecule has 1 N–H and O–H groups in total. The molecule has 3 aromatic rings. The molecule has 30 heavy (non-hydrogen) atoms. The Labute approximate surface area is 173 Å². The molecule has 2 atom stereocenters. The summed E-state index contributed by atoms with van der Waals surface area (Å²) >= 11 is 0. The lowest BCUT2D eigenvalue weighted by molar-refractivity contribution is 0.0806. The van der Waals surface area contributed by atoms with Gasteiger partial charge in [0.05, 0.1) is 0 Å². The van der Waals surface area contributed by atoms with Crippen molar-refractivity contribution in [2.75, 3.05) is 6.54 Å². The summed E-state index contributed by atoms with van der Waals surface area (Å²) in [5.41, 5.74) is 7.90. The number of nitrogens with zero attached hydrogens (tertiary/aromatic N) is 1. The summed E-state index contributed by atoms with van der Waals surface area (Å²) in [6.45, 7) is 4.84. The molecule has 0 radical (unpaired) electrons. The third kappa shape index (κ3) is 1.83. The van der Waals surface area contributed by atoms with Gasteiger partial charge in [-0.25, -0.2) is 0 Å². The highest BCUT2D eigenvalue weighted by atomic mass is 16.2. The molecule has 1 aliphatic heterocycles. The third-order valence-electron chi connectivity index (χ3n) is 7.65. The highest BCUT2D eigenvalue weighted by Crippen LogP contribution is 2.66. The van der Waals surface area contributed by atoms with Gasteiger partial charge in [0.15, 0.2) is 5.78 Å². The van der Waals surface area contributed by atoms with Gasteiger partial charge in [-0.3, -0.25) is 9.59 Å². The van der Waals surface area contributed by atoms with E-state index in [1.54, 1.807) is 6.08 Å². The van der Waals surface area contributed by atoms with E-state index in [-0.39, 0.29) is 17.1 Å². The third-order valence-corrected chi connectivity index (χ3v) is 7.65.